The van der Waals surface area contributed by atoms with Gasteiger partial charge in [-0.25, -0.2) is 8.42 Å². The first-order chi connectivity index (χ1) is 12.9. The van der Waals surface area contributed by atoms with Crippen LogP contribution in [0.15, 0.2) is 47.5 Å². The second-order valence-corrected chi connectivity index (χ2v) is 7.95. The molecule has 0 unspecified atom stereocenters. The van der Waals surface area contributed by atoms with Gasteiger partial charge in [-0.05, 0) is 24.3 Å². The van der Waals surface area contributed by atoms with Crippen molar-refractivity contribution in [1.29, 1.82) is 0 Å². The van der Waals surface area contributed by atoms with E-state index in [9.17, 15) is 22.3 Å². The first kappa shape index (κ1) is 17.7. The van der Waals surface area contributed by atoms with Gasteiger partial charge in [0.2, 0.25) is 15.9 Å². The molecular formula is C17H15F2N3O4S. The third-order valence-corrected chi connectivity index (χ3v) is 6.31. The first-order valence-corrected chi connectivity index (χ1v) is 9.52. The van der Waals surface area contributed by atoms with Crippen molar-refractivity contribution in [3.05, 3.63) is 48.3 Å². The molecule has 27 heavy (non-hydrogen) atoms. The fourth-order valence-corrected chi connectivity index (χ4v) is 4.67. The molecule has 142 valence electrons. The van der Waals surface area contributed by atoms with Crippen LogP contribution in [0.4, 0.5) is 8.78 Å². The van der Waals surface area contributed by atoms with Crippen molar-refractivity contribution in [2.45, 2.75) is 24.6 Å². The fourth-order valence-electron chi connectivity index (χ4n) is 3.24. The minimum absolute atomic E-state index is 0.0103. The summed E-state index contributed by atoms with van der Waals surface area (Å²) in [5.41, 5.74) is 1.11. The van der Waals surface area contributed by atoms with Crippen LogP contribution in [0, 0.1) is 0 Å². The summed E-state index contributed by atoms with van der Waals surface area (Å²) in [6.07, 6.45) is 1.57. The highest BCUT2D eigenvalue weighted by atomic mass is 32.2. The van der Waals surface area contributed by atoms with E-state index in [4.69, 9.17) is 0 Å². The smallest absolute Gasteiger partial charge is 0.387 e. The van der Waals surface area contributed by atoms with Crippen molar-refractivity contribution in [3.63, 3.8) is 0 Å². The van der Waals surface area contributed by atoms with Gasteiger partial charge in [0.1, 0.15) is 5.75 Å². The van der Waals surface area contributed by atoms with E-state index in [2.05, 4.69) is 9.72 Å². The Morgan fingerprint density at radius 1 is 1.19 bits per heavy atom. The van der Waals surface area contributed by atoms with E-state index in [1.165, 1.54) is 22.5 Å². The predicted molar refractivity (Wildman–Crippen MR) is 92.1 cm³/mol. The summed E-state index contributed by atoms with van der Waals surface area (Å²) >= 11 is 0. The van der Waals surface area contributed by atoms with Crippen LogP contribution in [0.25, 0.3) is 10.9 Å². The van der Waals surface area contributed by atoms with E-state index in [0.717, 1.165) is 6.07 Å². The number of halogens is 2. The molecule has 1 aliphatic rings. The van der Waals surface area contributed by atoms with Gasteiger partial charge in [-0.15, -0.1) is 0 Å². The molecular weight excluding hydrogens is 380 g/mol. The molecule has 1 aliphatic heterocycles. The lowest BCUT2D eigenvalue weighted by atomic mass is 10.2. The Morgan fingerprint density at radius 2 is 2.00 bits per heavy atom. The van der Waals surface area contributed by atoms with Gasteiger partial charge in [-0.2, -0.15) is 13.1 Å². The van der Waals surface area contributed by atoms with Crippen LogP contribution in [0.1, 0.15) is 5.69 Å². The third-order valence-electron chi connectivity index (χ3n) is 4.47. The molecule has 0 fully saturated rings. The molecule has 0 atom stereocenters. The molecule has 3 heterocycles. The standard InChI is InChI=1S/C17H15F2N3O4S/c18-17(19)26-11-3-1-4-12(9-11)27(24,25)21-7-8-22-14(10-21)15-13(16(22)23)5-2-6-20-15/h1-6,9,17,23H,7-8,10H2. The molecule has 1 aromatic carbocycles. The maximum absolute atomic E-state index is 13.0. The Balaban J connectivity index is 1.70. The van der Waals surface area contributed by atoms with Crippen LogP contribution in [0.3, 0.4) is 0 Å². The van der Waals surface area contributed by atoms with E-state index in [-0.39, 0.29) is 36.2 Å². The minimum atomic E-state index is -3.94. The van der Waals surface area contributed by atoms with Gasteiger partial charge in [0.25, 0.3) is 0 Å². The second kappa shape index (κ2) is 6.46. The van der Waals surface area contributed by atoms with Crippen LogP contribution < -0.4 is 4.74 Å². The quantitative estimate of drug-likeness (QED) is 0.734. The Hall–Kier alpha value is -2.72. The zero-order chi connectivity index (χ0) is 19.2. The molecule has 0 amide bonds. The molecule has 10 heteroatoms. The molecule has 3 aromatic rings. The summed E-state index contributed by atoms with van der Waals surface area (Å²) in [4.78, 5) is 4.11. The highest BCUT2D eigenvalue weighted by molar-refractivity contribution is 7.89. The highest BCUT2D eigenvalue weighted by Crippen LogP contribution is 2.34. The number of sulfonamides is 1. The van der Waals surface area contributed by atoms with Gasteiger partial charge < -0.3 is 14.4 Å². The number of rotatable bonds is 4. The number of aromatic nitrogens is 2. The number of ether oxygens (including phenoxy) is 1. The van der Waals surface area contributed by atoms with Crippen molar-refractivity contribution in [2.24, 2.45) is 0 Å². The second-order valence-electron chi connectivity index (χ2n) is 6.01. The molecule has 0 aliphatic carbocycles. The number of hydrogen-bond acceptors (Lipinski definition) is 5. The number of benzene rings is 1. The van der Waals surface area contributed by atoms with Gasteiger partial charge in [0, 0.05) is 25.4 Å². The molecule has 7 nitrogen and oxygen atoms in total. The molecule has 4 rings (SSSR count). The van der Waals surface area contributed by atoms with E-state index in [0.29, 0.717) is 16.6 Å². The molecule has 2 aromatic heterocycles. The van der Waals surface area contributed by atoms with Crippen molar-refractivity contribution in [3.8, 4) is 11.6 Å². The number of hydrogen-bond donors (Lipinski definition) is 1. The molecule has 0 saturated carbocycles. The van der Waals surface area contributed by atoms with Gasteiger partial charge >= 0.3 is 6.61 Å². The third kappa shape index (κ3) is 3.00. The van der Waals surface area contributed by atoms with Crippen molar-refractivity contribution in [2.75, 3.05) is 6.54 Å². The zero-order valence-electron chi connectivity index (χ0n) is 13.9. The number of fused-ring (bicyclic) bond motifs is 3. The van der Waals surface area contributed by atoms with Gasteiger partial charge in [-0.3, -0.25) is 4.98 Å². The zero-order valence-corrected chi connectivity index (χ0v) is 14.7. The highest BCUT2D eigenvalue weighted by Gasteiger charge is 2.32. The monoisotopic (exact) mass is 395 g/mol. The predicted octanol–water partition coefficient (Wildman–Crippen LogP) is 2.55. The molecule has 0 radical (unpaired) electrons. The van der Waals surface area contributed by atoms with Crippen molar-refractivity contribution in [1.82, 2.24) is 13.9 Å². The maximum atomic E-state index is 13.0. The number of pyridine rings is 1. The Morgan fingerprint density at radius 3 is 2.78 bits per heavy atom. The van der Waals surface area contributed by atoms with Crippen LogP contribution in [-0.4, -0.2) is 40.5 Å². The largest absolute Gasteiger partial charge is 0.494 e. The van der Waals surface area contributed by atoms with Crippen LogP contribution in [-0.2, 0) is 23.1 Å². The van der Waals surface area contributed by atoms with Gasteiger partial charge in [-0.1, -0.05) is 6.07 Å². The van der Waals surface area contributed by atoms with Crippen molar-refractivity contribution < 1.29 is 27.0 Å². The maximum Gasteiger partial charge on any atom is 0.387 e. The lowest BCUT2D eigenvalue weighted by Gasteiger charge is -2.28. The van der Waals surface area contributed by atoms with Gasteiger partial charge in [0.15, 0.2) is 0 Å². The normalized spacial score (nSPS) is 15.2. The lowest BCUT2D eigenvalue weighted by Crippen LogP contribution is -2.38. The lowest BCUT2D eigenvalue weighted by molar-refractivity contribution is -0.0500. The van der Waals surface area contributed by atoms with E-state index in [1.54, 1.807) is 22.9 Å². The van der Waals surface area contributed by atoms with Crippen LogP contribution >= 0.6 is 0 Å². The SMILES string of the molecule is O=S(=O)(c1cccc(OC(F)F)c1)N1CCn2c(O)c3cccnc3c2C1. The average Bonchev–Trinajstić information content (AvgIpc) is 2.94. The van der Waals surface area contributed by atoms with E-state index < -0.39 is 16.6 Å². The number of aromatic hydroxyl groups is 1. The van der Waals surface area contributed by atoms with E-state index in [1.807, 2.05) is 0 Å². The Bertz CT molecular complexity index is 1110. The number of nitrogens with zero attached hydrogens (tertiary/aromatic N) is 3. The molecule has 0 bridgehead atoms. The fraction of sp³-hybridized carbons (Fsp3) is 0.235. The minimum Gasteiger partial charge on any atom is -0.494 e. The summed E-state index contributed by atoms with van der Waals surface area (Å²) in [5, 5.41) is 10.9. The molecule has 0 saturated heterocycles. The van der Waals surface area contributed by atoms with E-state index >= 15 is 0 Å². The Labute approximate surface area is 153 Å². The summed E-state index contributed by atoms with van der Waals surface area (Å²) < 4.78 is 57.9. The Kier molecular flexibility index (Phi) is 4.23. The number of alkyl halides is 2. The topological polar surface area (TPSA) is 84.7 Å². The average molecular weight is 395 g/mol. The molecule has 0 spiro atoms. The summed E-state index contributed by atoms with van der Waals surface area (Å²) in [7, 11) is -3.94. The van der Waals surface area contributed by atoms with Gasteiger partial charge in [0.05, 0.1) is 28.0 Å². The summed E-state index contributed by atoms with van der Waals surface area (Å²) in [6.45, 7) is -2.65. The summed E-state index contributed by atoms with van der Waals surface area (Å²) in [5.74, 6) is -0.173. The van der Waals surface area contributed by atoms with Crippen LogP contribution in [0.5, 0.6) is 11.6 Å². The molecule has 1 N–H and O–H groups in total. The van der Waals surface area contributed by atoms with Crippen molar-refractivity contribution >= 4 is 20.9 Å². The van der Waals surface area contributed by atoms with Crippen LogP contribution in [0.2, 0.25) is 0 Å². The first-order valence-electron chi connectivity index (χ1n) is 8.08. The summed E-state index contributed by atoms with van der Waals surface area (Å²) in [6, 6.07) is 8.42.